The summed E-state index contributed by atoms with van der Waals surface area (Å²) in [5.41, 5.74) is 5.70. The van der Waals surface area contributed by atoms with Crippen molar-refractivity contribution in [2.75, 3.05) is 0 Å². The summed E-state index contributed by atoms with van der Waals surface area (Å²) < 4.78 is 8.48. The van der Waals surface area contributed by atoms with Gasteiger partial charge in [-0.05, 0) is 44.0 Å². The van der Waals surface area contributed by atoms with Crippen LogP contribution in [0.15, 0.2) is 65.7 Å². The van der Waals surface area contributed by atoms with Crippen molar-refractivity contribution < 1.29 is 14.6 Å². The van der Waals surface area contributed by atoms with Gasteiger partial charge in [-0.15, -0.1) is 11.8 Å². The maximum atomic E-state index is 11.8. The number of aryl methyl sites for hydroxylation is 1. The van der Waals surface area contributed by atoms with E-state index in [-0.39, 0.29) is 0 Å². The molecule has 1 aliphatic rings. The number of carboxylic acid groups (broad SMARTS) is 1. The first kappa shape index (κ1) is 23.5. The van der Waals surface area contributed by atoms with Gasteiger partial charge in [-0.25, -0.2) is 0 Å². The fraction of sp³-hybridized carbons (Fsp3) is 0.310. The average molecular weight is 487 g/mol. The highest BCUT2D eigenvalue weighted by Crippen LogP contribution is 2.47. The Kier molecular flexibility index (Phi) is 6.09. The molecule has 35 heavy (non-hydrogen) atoms. The second kappa shape index (κ2) is 9.08. The number of aliphatic carboxylic acids is 1. The van der Waals surface area contributed by atoms with Crippen LogP contribution in [0.3, 0.4) is 0 Å². The van der Waals surface area contributed by atoms with Gasteiger partial charge in [-0.2, -0.15) is 0 Å². The topological polar surface area (TPSA) is 64.3 Å². The molecule has 2 aromatic heterocycles. The fourth-order valence-corrected chi connectivity index (χ4v) is 6.09. The zero-order valence-electron chi connectivity index (χ0n) is 20.5. The van der Waals surface area contributed by atoms with Crippen molar-refractivity contribution in [1.29, 1.82) is 0 Å². The van der Waals surface area contributed by atoms with Crippen LogP contribution < -0.4 is 4.74 Å². The highest BCUT2D eigenvalue weighted by atomic mass is 32.2. The maximum Gasteiger partial charge on any atom is 0.309 e. The summed E-state index contributed by atoms with van der Waals surface area (Å²) in [5.74, 6) is 0.105. The number of thioether (sulfide) groups is 1. The Morgan fingerprint density at radius 3 is 2.60 bits per heavy atom. The number of hydrogen-bond donors (Lipinski definition) is 1. The molecule has 180 valence electrons. The van der Waals surface area contributed by atoms with E-state index in [1.165, 1.54) is 15.8 Å². The standard InChI is InChI=1S/C29H30N2O3S/c1-18-14-22-25(34-17-21-11-10-20(16-30-21)19-8-6-5-7-9-19)13-12-23-26(22)27(35-18)24(31(23)4)15-29(2,3)28(32)33/h5-13,16,18H,14-15,17H2,1-4H3,(H,32,33). The number of rotatable bonds is 7. The van der Waals surface area contributed by atoms with Gasteiger partial charge in [0.05, 0.1) is 11.1 Å². The van der Waals surface area contributed by atoms with Gasteiger partial charge in [0.1, 0.15) is 12.4 Å². The number of aromatic nitrogens is 2. The average Bonchev–Trinajstić information content (AvgIpc) is 3.10. The Morgan fingerprint density at radius 1 is 1.14 bits per heavy atom. The molecule has 4 aromatic rings. The summed E-state index contributed by atoms with van der Waals surface area (Å²) in [6, 6.07) is 18.5. The number of carboxylic acids is 1. The van der Waals surface area contributed by atoms with Crippen LogP contribution in [0.1, 0.15) is 37.7 Å². The lowest BCUT2D eigenvalue weighted by Gasteiger charge is -2.24. The van der Waals surface area contributed by atoms with E-state index in [0.717, 1.165) is 40.2 Å². The zero-order chi connectivity index (χ0) is 24.7. The van der Waals surface area contributed by atoms with Crippen LogP contribution in [0, 0.1) is 5.41 Å². The van der Waals surface area contributed by atoms with E-state index in [9.17, 15) is 9.90 Å². The lowest BCUT2D eigenvalue weighted by atomic mass is 9.88. The number of nitrogens with zero attached hydrogens (tertiary/aromatic N) is 2. The molecule has 5 rings (SSSR count). The Hall–Kier alpha value is -3.25. The van der Waals surface area contributed by atoms with Crippen molar-refractivity contribution in [3.05, 3.63) is 77.7 Å². The van der Waals surface area contributed by atoms with Crippen LogP contribution in [0.25, 0.3) is 22.0 Å². The quantitative estimate of drug-likeness (QED) is 0.323. The predicted molar refractivity (Wildman–Crippen MR) is 141 cm³/mol. The summed E-state index contributed by atoms with van der Waals surface area (Å²) in [6.45, 7) is 6.21. The lowest BCUT2D eigenvalue weighted by Crippen LogP contribution is -2.27. The molecule has 2 aromatic carbocycles. The normalized spacial score (nSPS) is 15.4. The highest BCUT2D eigenvalue weighted by molar-refractivity contribution is 8.00. The van der Waals surface area contributed by atoms with Crippen LogP contribution in [0.4, 0.5) is 0 Å². The zero-order valence-corrected chi connectivity index (χ0v) is 21.4. The van der Waals surface area contributed by atoms with E-state index in [1.807, 2.05) is 49.3 Å². The van der Waals surface area contributed by atoms with Gasteiger partial charge in [-0.1, -0.05) is 43.3 Å². The SMILES string of the molecule is CC1Cc2c(OCc3ccc(-c4ccccc4)cn3)ccc3c2c(c(CC(C)(C)C(=O)O)n3C)S1. The molecular formula is C29H30N2O3S. The second-order valence-corrected chi connectivity index (χ2v) is 11.4. The van der Waals surface area contributed by atoms with E-state index in [1.54, 1.807) is 13.8 Å². The van der Waals surface area contributed by atoms with Crippen molar-refractivity contribution >= 4 is 28.6 Å². The third-order valence-electron chi connectivity index (χ3n) is 6.81. The van der Waals surface area contributed by atoms with E-state index in [4.69, 9.17) is 4.74 Å². The van der Waals surface area contributed by atoms with Gasteiger partial charge in [-0.3, -0.25) is 9.78 Å². The Balaban J connectivity index is 1.45. The molecule has 0 amide bonds. The van der Waals surface area contributed by atoms with E-state index >= 15 is 0 Å². The third-order valence-corrected chi connectivity index (χ3v) is 8.05. The molecule has 0 fully saturated rings. The van der Waals surface area contributed by atoms with Gasteiger partial charge in [0.15, 0.2) is 0 Å². The molecule has 5 nitrogen and oxygen atoms in total. The Morgan fingerprint density at radius 2 is 1.91 bits per heavy atom. The van der Waals surface area contributed by atoms with Crippen molar-refractivity contribution in [3.8, 4) is 16.9 Å². The monoisotopic (exact) mass is 486 g/mol. The highest BCUT2D eigenvalue weighted by Gasteiger charge is 2.34. The Bertz CT molecular complexity index is 1390. The van der Waals surface area contributed by atoms with Crippen molar-refractivity contribution in [2.24, 2.45) is 12.5 Å². The van der Waals surface area contributed by atoms with Crippen LogP contribution in [0.5, 0.6) is 5.75 Å². The van der Waals surface area contributed by atoms with Gasteiger partial charge >= 0.3 is 5.97 Å². The van der Waals surface area contributed by atoms with Crippen molar-refractivity contribution in [1.82, 2.24) is 9.55 Å². The number of benzene rings is 2. The molecule has 3 heterocycles. The molecule has 0 saturated heterocycles. The number of ether oxygens (including phenoxy) is 1. The van der Waals surface area contributed by atoms with Crippen LogP contribution in [0.2, 0.25) is 0 Å². The molecule has 1 unspecified atom stereocenters. The number of hydrogen-bond acceptors (Lipinski definition) is 4. The minimum absolute atomic E-state index is 0.382. The maximum absolute atomic E-state index is 11.8. The molecular weight excluding hydrogens is 456 g/mol. The van der Waals surface area contributed by atoms with Gasteiger partial charge in [0, 0.05) is 57.5 Å². The molecule has 0 bridgehead atoms. The van der Waals surface area contributed by atoms with E-state index in [0.29, 0.717) is 18.3 Å². The van der Waals surface area contributed by atoms with Crippen LogP contribution in [-0.2, 0) is 31.3 Å². The Labute approximate surface area is 210 Å². The first-order chi connectivity index (χ1) is 16.7. The molecule has 0 radical (unpaired) electrons. The third kappa shape index (κ3) is 4.43. The van der Waals surface area contributed by atoms with Gasteiger partial charge in [0.2, 0.25) is 0 Å². The molecule has 0 aliphatic carbocycles. The minimum Gasteiger partial charge on any atom is -0.487 e. The minimum atomic E-state index is -0.836. The van der Waals surface area contributed by atoms with Crippen molar-refractivity contribution in [2.45, 2.75) is 50.4 Å². The molecule has 0 saturated carbocycles. The molecule has 0 spiro atoms. The van der Waals surface area contributed by atoms with Crippen LogP contribution >= 0.6 is 11.8 Å². The predicted octanol–water partition coefficient (Wildman–Crippen LogP) is 6.51. The number of pyridine rings is 1. The van der Waals surface area contributed by atoms with E-state index < -0.39 is 11.4 Å². The summed E-state index contributed by atoms with van der Waals surface area (Å²) in [5, 5.41) is 11.3. The van der Waals surface area contributed by atoms with Crippen LogP contribution in [-0.4, -0.2) is 25.9 Å². The molecule has 1 atom stereocenters. The lowest BCUT2D eigenvalue weighted by molar-refractivity contribution is -0.146. The smallest absolute Gasteiger partial charge is 0.309 e. The molecule has 1 N–H and O–H groups in total. The van der Waals surface area contributed by atoms with Crippen molar-refractivity contribution in [3.63, 3.8) is 0 Å². The molecule has 6 heteroatoms. The number of carbonyl (C=O) groups is 1. The molecule has 1 aliphatic heterocycles. The summed E-state index contributed by atoms with van der Waals surface area (Å²) in [4.78, 5) is 17.6. The van der Waals surface area contributed by atoms with Gasteiger partial charge in [0.25, 0.3) is 0 Å². The first-order valence-electron chi connectivity index (χ1n) is 11.9. The van der Waals surface area contributed by atoms with Gasteiger partial charge < -0.3 is 14.4 Å². The fourth-order valence-electron chi connectivity index (χ4n) is 4.74. The van der Waals surface area contributed by atoms with E-state index in [2.05, 4.69) is 46.8 Å². The summed E-state index contributed by atoms with van der Waals surface area (Å²) in [7, 11) is 2.04. The first-order valence-corrected chi connectivity index (χ1v) is 12.8. The summed E-state index contributed by atoms with van der Waals surface area (Å²) in [6.07, 6.45) is 3.29. The largest absolute Gasteiger partial charge is 0.487 e. The summed E-state index contributed by atoms with van der Waals surface area (Å²) >= 11 is 1.85. The second-order valence-electron chi connectivity index (χ2n) is 9.96.